The van der Waals surface area contributed by atoms with Crippen molar-refractivity contribution >= 4 is 28.2 Å². The Labute approximate surface area is 146 Å². The van der Waals surface area contributed by atoms with Crippen LogP contribution in [0.2, 0.25) is 0 Å². The van der Waals surface area contributed by atoms with E-state index in [4.69, 9.17) is 0 Å². The van der Waals surface area contributed by atoms with Crippen molar-refractivity contribution in [3.8, 4) is 0 Å². The highest BCUT2D eigenvalue weighted by molar-refractivity contribution is 6.07. The lowest BCUT2D eigenvalue weighted by atomic mass is 10.2. The van der Waals surface area contributed by atoms with Crippen LogP contribution in [0.3, 0.4) is 0 Å². The van der Waals surface area contributed by atoms with Gasteiger partial charge in [0.15, 0.2) is 0 Å². The van der Waals surface area contributed by atoms with E-state index in [1.807, 2.05) is 50.5 Å². The minimum atomic E-state index is -0.255. The van der Waals surface area contributed by atoms with Crippen LogP contribution < -0.4 is 10.6 Å². The summed E-state index contributed by atoms with van der Waals surface area (Å²) in [6, 6.07) is 13.1. The minimum absolute atomic E-state index is 0.255. The fourth-order valence-corrected chi connectivity index (χ4v) is 2.48. The maximum Gasteiger partial charge on any atom is 0.274 e. The Bertz CT molecular complexity index is 873. The first-order chi connectivity index (χ1) is 12.1. The summed E-state index contributed by atoms with van der Waals surface area (Å²) in [5.74, 6) is -0.255. The van der Waals surface area contributed by atoms with Gasteiger partial charge in [0.2, 0.25) is 0 Å². The van der Waals surface area contributed by atoms with Gasteiger partial charge in [-0.1, -0.05) is 18.2 Å². The molecule has 0 spiro atoms. The normalized spacial score (nSPS) is 10.8. The van der Waals surface area contributed by atoms with E-state index in [0.717, 1.165) is 29.7 Å². The lowest BCUT2D eigenvalue weighted by Gasteiger charge is -2.12. The Kier molecular flexibility index (Phi) is 5.20. The second-order valence-corrected chi connectivity index (χ2v) is 5.99. The predicted molar refractivity (Wildman–Crippen MR) is 101 cm³/mol. The highest BCUT2D eigenvalue weighted by Gasteiger charge is 2.11. The molecular weight excluding hydrogens is 314 g/mol. The minimum Gasteiger partial charge on any atom is -0.384 e. The summed E-state index contributed by atoms with van der Waals surface area (Å²) in [6.45, 7) is 1.71. The average molecular weight is 335 g/mol. The molecule has 1 amide bonds. The lowest BCUT2D eigenvalue weighted by Crippen LogP contribution is -2.21. The standard InChI is InChI=1S/C19H21N5O/c1-24(2)12-11-20-15-8-10-21-17(13-15)19(25)23-16-7-3-5-14-6-4-9-22-18(14)16/h3-10,13H,11-12H2,1-2H3,(H,20,21)(H,23,25). The van der Waals surface area contributed by atoms with Crippen LogP contribution in [0.15, 0.2) is 54.9 Å². The number of para-hydroxylation sites is 1. The molecule has 0 aliphatic rings. The molecule has 0 saturated carbocycles. The number of hydrogen-bond donors (Lipinski definition) is 2. The van der Waals surface area contributed by atoms with E-state index in [0.29, 0.717) is 11.4 Å². The molecule has 0 atom stereocenters. The van der Waals surface area contributed by atoms with Gasteiger partial charge in [0.25, 0.3) is 5.91 Å². The van der Waals surface area contributed by atoms with Crippen LogP contribution in [-0.2, 0) is 0 Å². The summed E-state index contributed by atoms with van der Waals surface area (Å²) in [4.78, 5) is 23.2. The van der Waals surface area contributed by atoms with Crippen molar-refractivity contribution in [2.24, 2.45) is 0 Å². The van der Waals surface area contributed by atoms with Crippen LogP contribution in [0.4, 0.5) is 11.4 Å². The second kappa shape index (κ2) is 7.72. The molecule has 0 bridgehead atoms. The number of nitrogens with one attached hydrogen (secondary N) is 2. The molecular formula is C19H21N5O. The lowest BCUT2D eigenvalue weighted by molar-refractivity contribution is 0.102. The molecule has 128 valence electrons. The van der Waals surface area contributed by atoms with Crippen molar-refractivity contribution in [3.05, 3.63) is 60.6 Å². The van der Waals surface area contributed by atoms with E-state index in [2.05, 4.69) is 25.5 Å². The first-order valence-electron chi connectivity index (χ1n) is 8.13. The van der Waals surface area contributed by atoms with Gasteiger partial charge in [0.1, 0.15) is 5.69 Å². The number of fused-ring (bicyclic) bond motifs is 1. The molecule has 2 N–H and O–H groups in total. The molecule has 0 saturated heterocycles. The van der Waals surface area contributed by atoms with Crippen LogP contribution in [0.5, 0.6) is 0 Å². The number of likely N-dealkylation sites (N-methyl/N-ethyl adjacent to an activating group) is 1. The molecule has 2 heterocycles. The number of hydrogen-bond acceptors (Lipinski definition) is 5. The molecule has 6 nitrogen and oxygen atoms in total. The van der Waals surface area contributed by atoms with E-state index < -0.39 is 0 Å². The summed E-state index contributed by atoms with van der Waals surface area (Å²) in [6.07, 6.45) is 3.35. The molecule has 0 fully saturated rings. The summed E-state index contributed by atoms with van der Waals surface area (Å²) in [5, 5.41) is 7.17. The highest BCUT2D eigenvalue weighted by Crippen LogP contribution is 2.21. The molecule has 0 unspecified atom stereocenters. The number of amides is 1. The number of nitrogens with zero attached hydrogens (tertiary/aromatic N) is 3. The number of rotatable bonds is 6. The van der Waals surface area contributed by atoms with Crippen LogP contribution in [0, 0.1) is 0 Å². The van der Waals surface area contributed by atoms with Crippen LogP contribution >= 0.6 is 0 Å². The Morgan fingerprint density at radius 3 is 2.76 bits per heavy atom. The molecule has 25 heavy (non-hydrogen) atoms. The molecule has 6 heteroatoms. The van der Waals surface area contributed by atoms with Crippen molar-refractivity contribution in [2.45, 2.75) is 0 Å². The molecule has 0 aliphatic heterocycles. The van der Waals surface area contributed by atoms with E-state index in [9.17, 15) is 4.79 Å². The van der Waals surface area contributed by atoms with E-state index >= 15 is 0 Å². The highest BCUT2D eigenvalue weighted by atomic mass is 16.1. The third-order valence-electron chi connectivity index (χ3n) is 3.76. The van der Waals surface area contributed by atoms with Crippen molar-refractivity contribution < 1.29 is 4.79 Å². The number of anilines is 2. The van der Waals surface area contributed by atoms with Gasteiger partial charge < -0.3 is 15.5 Å². The first kappa shape index (κ1) is 16.9. The number of carbonyl (C=O) groups is 1. The fourth-order valence-electron chi connectivity index (χ4n) is 2.48. The molecule has 1 aromatic carbocycles. The van der Waals surface area contributed by atoms with Gasteiger partial charge in [-0.05, 0) is 38.4 Å². The van der Waals surface area contributed by atoms with Gasteiger partial charge in [0, 0.05) is 36.6 Å². The number of aromatic nitrogens is 2. The Morgan fingerprint density at radius 2 is 1.92 bits per heavy atom. The summed E-state index contributed by atoms with van der Waals surface area (Å²) in [7, 11) is 4.04. The summed E-state index contributed by atoms with van der Waals surface area (Å²) < 4.78 is 0. The molecule has 2 aromatic heterocycles. The third kappa shape index (κ3) is 4.30. The van der Waals surface area contributed by atoms with Gasteiger partial charge >= 0.3 is 0 Å². The van der Waals surface area contributed by atoms with Crippen LogP contribution in [0.25, 0.3) is 10.9 Å². The third-order valence-corrected chi connectivity index (χ3v) is 3.76. The Hall–Kier alpha value is -2.99. The topological polar surface area (TPSA) is 70.2 Å². The number of pyridine rings is 2. The number of benzene rings is 1. The van der Waals surface area contributed by atoms with Crippen molar-refractivity contribution in [3.63, 3.8) is 0 Å². The summed E-state index contributed by atoms with van der Waals surface area (Å²) in [5.41, 5.74) is 2.68. The predicted octanol–water partition coefficient (Wildman–Crippen LogP) is 2.86. The SMILES string of the molecule is CN(C)CCNc1ccnc(C(=O)Nc2cccc3cccnc23)c1. The Morgan fingerprint density at radius 1 is 1.08 bits per heavy atom. The van der Waals surface area contributed by atoms with Gasteiger partial charge in [-0.3, -0.25) is 14.8 Å². The fraction of sp³-hybridized carbons (Fsp3) is 0.211. The first-order valence-corrected chi connectivity index (χ1v) is 8.13. The molecule has 3 rings (SSSR count). The quantitative estimate of drug-likeness (QED) is 0.725. The largest absolute Gasteiger partial charge is 0.384 e. The van der Waals surface area contributed by atoms with E-state index in [-0.39, 0.29) is 5.91 Å². The molecule has 0 radical (unpaired) electrons. The van der Waals surface area contributed by atoms with Crippen molar-refractivity contribution in [1.29, 1.82) is 0 Å². The summed E-state index contributed by atoms with van der Waals surface area (Å²) >= 11 is 0. The Balaban J connectivity index is 1.74. The van der Waals surface area contributed by atoms with Crippen molar-refractivity contribution in [1.82, 2.24) is 14.9 Å². The maximum atomic E-state index is 12.6. The van der Waals surface area contributed by atoms with Gasteiger partial charge in [-0.2, -0.15) is 0 Å². The molecule has 3 aromatic rings. The monoisotopic (exact) mass is 335 g/mol. The van der Waals surface area contributed by atoms with Crippen molar-refractivity contribution in [2.75, 3.05) is 37.8 Å². The molecule has 0 aliphatic carbocycles. The van der Waals surface area contributed by atoms with Crippen LogP contribution in [-0.4, -0.2) is 48.0 Å². The second-order valence-electron chi connectivity index (χ2n) is 5.99. The van der Waals surface area contributed by atoms with Gasteiger partial charge in [-0.15, -0.1) is 0 Å². The van der Waals surface area contributed by atoms with Gasteiger partial charge in [-0.25, -0.2) is 0 Å². The average Bonchev–Trinajstić information content (AvgIpc) is 2.62. The van der Waals surface area contributed by atoms with E-state index in [1.54, 1.807) is 18.5 Å². The smallest absolute Gasteiger partial charge is 0.274 e. The zero-order valence-corrected chi connectivity index (χ0v) is 14.4. The van der Waals surface area contributed by atoms with Gasteiger partial charge in [0.05, 0.1) is 11.2 Å². The zero-order chi connectivity index (χ0) is 17.6. The number of carbonyl (C=O) groups excluding carboxylic acids is 1. The van der Waals surface area contributed by atoms with Crippen LogP contribution in [0.1, 0.15) is 10.5 Å². The maximum absolute atomic E-state index is 12.6. The zero-order valence-electron chi connectivity index (χ0n) is 14.4. The van der Waals surface area contributed by atoms with E-state index in [1.165, 1.54) is 0 Å².